The highest BCUT2D eigenvalue weighted by Gasteiger charge is 2.38. The van der Waals surface area contributed by atoms with E-state index >= 15 is 0 Å². The van der Waals surface area contributed by atoms with E-state index in [2.05, 4.69) is 79.6 Å². The number of anilines is 1. The summed E-state index contributed by atoms with van der Waals surface area (Å²) in [7, 11) is 2.12. The molecule has 1 amide bonds. The lowest BCUT2D eigenvalue weighted by Gasteiger charge is -2.45. The number of nitrogens with zero attached hydrogens (tertiary/aromatic N) is 2. The quantitative estimate of drug-likeness (QED) is 0.717. The molecule has 2 unspecified atom stereocenters. The van der Waals surface area contributed by atoms with E-state index in [1.165, 1.54) is 9.26 Å². The topological polar surface area (TPSA) is 43.8 Å². The second-order valence-corrected chi connectivity index (χ2v) is 8.85. The minimum Gasteiger partial charge on any atom is -0.465 e. The van der Waals surface area contributed by atoms with E-state index in [1.54, 1.807) is 4.90 Å². The molecule has 1 fully saturated rings. The normalized spacial score (nSPS) is 22.0. The molecular weight excluding hydrogens is 403 g/mol. The van der Waals surface area contributed by atoms with Crippen molar-refractivity contribution in [3.8, 4) is 0 Å². The lowest BCUT2D eigenvalue weighted by atomic mass is 9.77. The first kappa shape index (κ1) is 18.4. The van der Waals surface area contributed by atoms with Gasteiger partial charge in [0.2, 0.25) is 0 Å². The van der Waals surface area contributed by atoms with Gasteiger partial charge in [0.25, 0.3) is 0 Å². The third kappa shape index (κ3) is 4.75. The van der Waals surface area contributed by atoms with Crippen LogP contribution in [0.1, 0.15) is 33.6 Å². The van der Waals surface area contributed by atoms with E-state index in [-0.39, 0.29) is 11.5 Å². The predicted molar refractivity (Wildman–Crippen MR) is 103 cm³/mol. The van der Waals surface area contributed by atoms with E-state index in [0.29, 0.717) is 12.5 Å². The van der Waals surface area contributed by atoms with Crippen LogP contribution in [0.2, 0.25) is 0 Å². The van der Waals surface area contributed by atoms with E-state index in [4.69, 9.17) is 0 Å². The zero-order valence-corrected chi connectivity index (χ0v) is 16.6. The Kier molecular flexibility index (Phi) is 5.81. The van der Waals surface area contributed by atoms with Crippen LogP contribution >= 0.6 is 22.6 Å². The number of likely N-dealkylation sites (tertiary alicyclic amines) is 1. The van der Waals surface area contributed by atoms with Crippen molar-refractivity contribution < 1.29 is 9.90 Å². The molecule has 0 radical (unpaired) electrons. The van der Waals surface area contributed by atoms with Gasteiger partial charge in [-0.05, 0) is 71.0 Å². The van der Waals surface area contributed by atoms with Gasteiger partial charge in [0.05, 0.1) is 0 Å². The summed E-state index contributed by atoms with van der Waals surface area (Å²) in [6.45, 7) is 8.03. The monoisotopic (exact) mass is 430 g/mol. The molecule has 2 rings (SSSR count). The fourth-order valence-corrected chi connectivity index (χ4v) is 3.80. The average molecular weight is 430 g/mol. The number of benzene rings is 1. The number of hydrogen-bond donors (Lipinski definition) is 1. The maximum Gasteiger partial charge on any atom is 0.407 e. The maximum atomic E-state index is 11.5. The number of rotatable bonds is 3. The minimum absolute atomic E-state index is 0.0293. The maximum absolute atomic E-state index is 11.5. The van der Waals surface area contributed by atoms with E-state index in [9.17, 15) is 9.90 Å². The molecule has 5 heteroatoms. The van der Waals surface area contributed by atoms with E-state index < -0.39 is 6.09 Å². The first-order valence-corrected chi connectivity index (χ1v) is 9.22. The van der Waals surface area contributed by atoms with Crippen molar-refractivity contribution in [3.05, 3.63) is 27.8 Å². The van der Waals surface area contributed by atoms with Crippen LogP contribution < -0.4 is 4.90 Å². The molecule has 23 heavy (non-hydrogen) atoms. The van der Waals surface area contributed by atoms with E-state index in [0.717, 1.165) is 19.4 Å². The molecule has 1 heterocycles. The molecule has 0 aromatic heterocycles. The van der Waals surface area contributed by atoms with Crippen molar-refractivity contribution in [3.63, 3.8) is 0 Å². The second kappa shape index (κ2) is 7.28. The van der Waals surface area contributed by atoms with Crippen LogP contribution in [0.25, 0.3) is 0 Å². The first-order chi connectivity index (χ1) is 10.7. The lowest BCUT2D eigenvalue weighted by molar-refractivity contribution is 0.0420. The SMILES string of the molecule is CN(CC1CCN(C(=O)O)C(C(C)(C)C)C1)c1ccc(I)cc1. The van der Waals surface area contributed by atoms with Gasteiger partial charge >= 0.3 is 6.09 Å². The summed E-state index contributed by atoms with van der Waals surface area (Å²) in [5.41, 5.74) is 1.19. The highest BCUT2D eigenvalue weighted by molar-refractivity contribution is 14.1. The molecule has 2 atom stereocenters. The number of amides is 1. The zero-order valence-electron chi connectivity index (χ0n) is 14.4. The van der Waals surface area contributed by atoms with Crippen molar-refractivity contribution in [2.24, 2.45) is 11.3 Å². The second-order valence-electron chi connectivity index (χ2n) is 7.61. The molecule has 0 bridgehead atoms. The van der Waals surface area contributed by atoms with Gasteiger partial charge in [-0.3, -0.25) is 0 Å². The Morgan fingerprint density at radius 3 is 2.48 bits per heavy atom. The number of halogens is 1. The third-order valence-corrected chi connectivity index (χ3v) is 5.48. The Morgan fingerprint density at radius 2 is 1.96 bits per heavy atom. The van der Waals surface area contributed by atoms with Crippen LogP contribution in [0.4, 0.5) is 10.5 Å². The molecule has 4 nitrogen and oxygen atoms in total. The Labute approximate surface area is 153 Å². The van der Waals surface area contributed by atoms with Gasteiger partial charge in [-0.2, -0.15) is 0 Å². The van der Waals surface area contributed by atoms with Crippen LogP contribution in [-0.2, 0) is 0 Å². The first-order valence-electron chi connectivity index (χ1n) is 8.14. The summed E-state index contributed by atoms with van der Waals surface area (Å²) in [6, 6.07) is 8.63. The van der Waals surface area contributed by atoms with Gasteiger partial charge in [-0.15, -0.1) is 0 Å². The summed E-state index contributed by atoms with van der Waals surface area (Å²) in [5, 5.41) is 9.46. The largest absolute Gasteiger partial charge is 0.465 e. The van der Waals surface area contributed by atoms with Gasteiger partial charge in [0, 0.05) is 35.4 Å². The van der Waals surface area contributed by atoms with Gasteiger partial charge in [0.15, 0.2) is 0 Å². The van der Waals surface area contributed by atoms with Crippen molar-refractivity contribution in [2.45, 2.75) is 39.7 Å². The fourth-order valence-electron chi connectivity index (χ4n) is 3.44. The summed E-state index contributed by atoms with van der Waals surface area (Å²) in [4.78, 5) is 15.4. The molecule has 0 spiro atoms. The fraction of sp³-hybridized carbons (Fsp3) is 0.611. The number of carbonyl (C=O) groups is 1. The van der Waals surface area contributed by atoms with Crippen LogP contribution in [0.5, 0.6) is 0 Å². The minimum atomic E-state index is -0.783. The summed E-state index contributed by atoms with van der Waals surface area (Å²) in [5.74, 6) is 0.527. The smallest absolute Gasteiger partial charge is 0.407 e. The predicted octanol–water partition coefficient (Wildman–Crippen LogP) is 4.53. The number of piperidine rings is 1. The molecule has 1 aliphatic rings. The Bertz CT molecular complexity index is 539. The molecule has 1 aliphatic heterocycles. The van der Waals surface area contributed by atoms with Crippen molar-refractivity contribution in [2.75, 3.05) is 25.0 Å². The van der Waals surface area contributed by atoms with E-state index in [1.807, 2.05) is 0 Å². The number of hydrogen-bond acceptors (Lipinski definition) is 2. The zero-order chi connectivity index (χ0) is 17.2. The molecule has 1 aromatic rings. The number of carboxylic acid groups (broad SMARTS) is 1. The lowest BCUT2D eigenvalue weighted by Crippen LogP contribution is -2.52. The van der Waals surface area contributed by atoms with Gasteiger partial charge in [-0.25, -0.2) is 4.79 Å². The van der Waals surface area contributed by atoms with Gasteiger partial charge in [-0.1, -0.05) is 20.8 Å². The molecule has 0 aliphatic carbocycles. The molecule has 1 N–H and O–H groups in total. The molecule has 1 saturated heterocycles. The van der Waals surface area contributed by atoms with Crippen molar-refractivity contribution in [1.82, 2.24) is 4.90 Å². The summed E-state index contributed by atoms with van der Waals surface area (Å²) >= 11 is 2.32. The Morgan fingerprint density at radius 1 is 1.35 bits per heavy atom. The molecule has 128 valence electrons. The van der Waals surface area contributed by atoms with Crippen LogP contribution in [0.15, 0.2) is 24.3 Å². The molecular formula is C18H27IN2O2. The van der Waals surface area contributed by atoms with Crippen molar-refractivity contribution >= 4 is 34.4 Å². The Hall–Kier alpha value is -0.980. The summed E-state index contributed by atoms with van der Waals surface area (Å²) in [6.07, 6.45) is 1.09. The Balaban J connectivity index is 2.04. The van der Waals surface area contributed by atoms with Crippen LogP contribution in [0, 0.1) is 14.9 Å². The third-order valence-electron chi connectivity index (χ3n) is 4.76. The van der Waals surface area contributed by atoms with Crippen LogP contribution in [-0.4, -0.2) is 42.3 Å². The van der Waals surface area contributed by atoms with Gasteiger partial charge in [0.1, 0.15) is 0 Å². The standard InChI is InChI=1S/C18H27IN2O2/c1-18(2,3)16-11-13(9-10-21(16)17(22)23)12-20(4)15-7-5-14(19)6-8-15/h5-8,13,16H,9-12H2,1-4H3,(H,22,23). The van der Waals surface area contributed by atoms with Crippen molar-refractivity contribution in [1.29, 1.82) is 0 Å². The summed E-state index contributed by atoms with van der Waals surface area (Å²) < 4.78 is 1.24. The van der Waals surface area contributed by atoms with Gasteiger partial charge < -0.3 is 14.9 Å². The molecule has 1 aromatic carbocycles. The average Bonchev–Trinajstić information content (AvgIpc) is 2.46. The highest BCUT2D eigenvalue weighted by atomic mass is 127. The van der Waals surface area contributed by atoms with Crippen LogP contribution in [0.3, 0.4) is 0 Å². The highest BCUT2D eigenvalue weighted by Crippen LogP contribution is 2.35. The molecule has 0 saturated carbocycles.